The minimum atomic E-state index is -1.28. The molecule has 10 heteroatoms. The molecule has 2 fully saturated rings. The molecule has 1 unspecified atom stereocenters. The van der Waals surface area contributed by atoms with Crippen molar-refractivity contribution in [2.24, 2.45) is 11.8 Å². The lowest BCUT2D eigenvalue weighted by atomic mass is 9.92. The Kier molecular flexibility index (Phi) is 9.71. The Morgan fingerprint density at radius 3 is 2.50 bits per heavy atom. The number of carboxylic acid groups (broad SMARTS) is 1. The van der Waals surface area contributed by atoms with Crippen molar-refractivity contribution in [3.05, 3.63) is 34.9 Å². The van der Waals surface area contributed by atoms with E-state index in [1.54, 1.807) is 4.90 Å². The van der Waals surface area contributed by atoms with Gasteiger partial charge in [-0.15, -0.1) is 0 Å². The van der Waals surface area contributed by atoms with Crippen LogP contribution in [-0.4, -0.2) is 72.5 Å². The first-order valence-electron chi connectivity index (χ1n) is 11.9. The first-order chi connectivity index (χ1) is 16.3. The SMILES string of the molecule is O=C(NC(CNC(=O)[C@@H]1CCCN(C(=O)CCC2CCNCC2)C1)C(=O)O)c1ccc(Cl)cc1. The number of nitrogens with zero attached hydrogens (tertiary/aromatic N) is 1. The van der Waals surface area contributed by atoms with Crippen molar-refractivity contribution in [3.8, 4) is 0 Å². The molecule has 34 heavy (non-hydrogen) atoms. The average molecular weight is 493 g/mol. The smallest absolute Gasteiger partial charge is 0.328 e. The van der Waals surface area contributed by atoms with Gasteiger partial charge in [-0.2, -0.15) is 0 Å². The largest absolute Gasteiger partial charge is 0.480 e. The molecule has 0 bridgehead atoms. The number of carbonyl (C=O) groups excluding carboxylic acids is 3. The number of hydrogen-bond donors (Lipinski definition) is 4. The highest BCUT2D eigenvalue weighted by Crippen LogP contribution is 2.21. The summed E-state index contributed by atoms with van der Waals surface area (Å²) >= 11 is 5.81. The van der Waals surface area contributed by atoms with Gasteiger partial charge in [0.1, 0.15) is 6.04 Å². The molecule has 2 aliphatic rings. The number of hydrogen-bond acceptors (Lipinski definition) is 5. The highest BCUT2D eigenvalue weighted by atomic mass is 35.5. The summed E-state index contributed by atoms with van der Waals surface area (Å²) in [4.78, 5) is 51.1. The van der Waals surface area contributed by atoms with Crippen LogP contribution in [0.25, 0.3) is 0 Å². The Bertz CT molecular complexity index is 873. The number of piperidine rings is 2. The van der Waals surface area contributed by atoms with Gasteiger partial charge in [0.15, 0.2) is 0 Å². The van der Waals surface area contributed by atoms with Crippen LogP contribution in [0, 0.1) is 11.8 Å². The van der Waals surface area contributed by atoms with E-state index in [4.69, 9.17) is 11.6 Å². The Hall–Kier alpha value is -2.65. The van der Waals surface area contributed by atoms with E-state index in [-0.39, 0.29) is 23.9 Å². The summed E-state index contributed by atoms with van der Waals surface area (Å²) in [5, 5.41) is 18.3. The van der Waals surface area contributed by atoms with E-state index in [1.807, 2.05) is 0 Å². The number of carbonyl (C=O) groups is 4. The lowest BCUT2D eigenvalue weighted by Gasteiger charge is -2.33. The maximum Gasteiger partial charge on any atom is 0.328 e. The van der Waals surface area contributed by atoms with Crippen LogP contribution in [0.2, 0.25) is 5.02 Å². The fraction of sp³-hybridized carbons (Fsp3) is 0.583. The van der Waals surface area contributed by atoms with Crippen LogP contribution in [-0.2, 0) is 14.4 Å². The number of amides is 3. The van der Waals surface area contributed by atoms with Crippen LogP contribution in [0.15, 0.2) is 24.3 Å². The highest BCUT2D eigenvalue weighted by molar-refractivity contribution is 6.30. The summed E-state index contributed by atoms with van der Waals surface area (Å²) in [6.45, 7) is 2.74. The molecule has 2 saturated heterocycles. The van der Waals surface area contributed by atoms with Crippen molar-refractivity contribution in [3.63, 3.8) is 0 Å². The van der Waals surface area contributed by atoms with E-state index in [0.717, 1.165) is 38.8 Å². The number of likely N-dealkylation sites (tertiary alicyclic amines) is 1. The van der Waals surface area contributed by atoms with E-state index < -0.39 is 23.8 Å². The molecule has 2 heterocycles. The molecule has 2 aliphatic heterocycles. The van der Waals surface area contributed by atoms with Gasteiger partial charge in [0.2, 0.25) is 11.8 Å². The molecule has 0 radical (unpaired) electrons. The van der Waals surface area contributed by atoms with Gasteiger partial charge in [-0.05, 0) is 75.4 Å². The standard InChI is InChI=1S/C24H33ClN4O5/c25-19-6-4-17(5-7-19)23(32)28-20(24(33)34)14-27-22(31)18-2-1-13-29(15-18)21(30)8-3-16-9-11-26-12-10-16/h4-7,16,18,20,26H,1-3,8-15H2,(H,27,31)(H,28,32)(H,33,34)/t18-,20?/m1/s1. The summed E-state index contributed by atoms with van der Waals surface area (Å²) < 4.78 is 0. The number of halogens is 1. The predicted molar refractivity (Wildman–Crippen MR) is 127 cm³/mol. The molecular weight excluding hydrogens is 460 g/mol. The van der Waals surface area contributed by atoms with Gasteiger partial charge in [-0.25, -0.2) is 4.79 Å². The number of benzene rings is 1. The molecule has 3 rings (SSSR count). The maximum absolute atomic E-state index is 12.7. The lowest BCUT2D eigenvalue weighted by Crippen LogP contribution is -2.51. The summed E-state index contributed by atoms with van der Waals surface area (Å²) in [7, 11) is 0. The zero-order valence-electron chi connectivity index (χ0n) is 19.2. The molecule has 4 N–H and O–H groups in total. The minimum Gasteiger partial charge on any atom is -0.480 e. The third-order valence-electron chi connectivity index (χ3n) is 6.56. The molecule has 2 atom stereocenters. The molecule has 9 nitrogen and oxygen atoms in total. The van der Waals surface area contributed by atoms with Crippen LogP contribution >= 0.6 is 11.6 Å². The van der Waals surface area contributed by atoms with Gasteiger partial charge >= 0.3 is 5.97 Å². The van der Waals surface area contributed by atoms with Crippen molar-refractivity contribution in [1.29, 1.82) is 0 Å². The molecular formula is C24H33ClN4O5. The Labute approximate surface area is 204 Å². The summed E-state index contributed by atoms with van der Waals surface area (Å²) in [5.41, 5.74) is 0.271. The van der Waals surface area contributed by atoms with E-state index in [2.05, 4.69) is 16.0 Å². The topological polar surface area (TPSA) is 128 Å². The second-order valence-electron chi connectivity index (χ2n) is 9.03. The van der Waals surface area contributed by atoms with Gasteiger partial charge in [-0.1, -0.05) is 11.6 Å². The highest BCUT2D eigenvalue weighted by Gasteiger charge is 2.30. The fourth-order valence-electron chi connectivity index (χ4n) is 4.46. The minimum absolute atomic E-state index is 0.0784. The van der Waals surface area contributed by atoms with Crippen LogP contribution < -0.4 is 16.0 Å². The van der Waals surface area contributed by atoms with E-state index in [0.29, 0.717) is 36.9 Å². The lowest BCUT2D eigenvalue weighted by molar-refractivity contribution is -0.139. The van der Waals surface area contributed by atoms with Gasteiger partial charge in [0.05, 0.1) is 5.92 Å². The normalized spacial score (nSPS) is 19.8. The molecule has 0 aliphatic carbocycles. The molecule has 186 valence electrons. The molecule has 1 aromatic carbocycles. The maximum atomic E-state index is 12.7. The first kappa shape index (κ1) is 26.0. The summed E-state index contributed by atoms with van der Waals surface area (Å²) in [6.07, 6.45) is 4.93. The van der Waals surface area contributed by atoms with E-state index in [1.165, 1.54) is 24.3 Å². The molecule has 0 aromatic heterocycles. The zero-order chi connectivity index (χ0) is 24.5. The van der Waals surface area contributed by atoms with Crippen LogP contribution in [0.1, 0.15) is 48.9 Å². The first-order valence-corrected chi connectivity index (χ1v) is 12.3. The number of rotatable bonds is 9. The summed E-state index contributed by atoms with van der Waals surface area (Å²) in [5.74, 6) is -1.86. The monoisotopic (exact) mass is 492 g/mol. The Balaban J connectivity index is 1.46. The number of carboxylic acids is 1. The predicted octanol–water partition coefficient (Wildman–Crippen LogP) is 1.66. The van der Waals surface area contributed by atoms with Gasteiger partial charge in [0, 0.05) is 36.6 Å². The van der Waals surface area contributed by atoms with Crippen LogP contribution in [0.3, 0.4) is 0 Å². The van der Waals surface area contributed by atoms with Crippen molar-refractivity contribution >= 4 is 35.3 Å². The second kappa shape index (κ2) is 12.7. The Morgan fingerprint density at radius 2 is 1.82 bits per heavy atom. The van der Waals surface area contributed by atoms with E-state index in [9.17, 15) is 24.3 Å². The molecule has 1 aromatic rings. The number of nitrogens with one attached hydrogen (secondary N) is 3. The van der Waals surface area contributed by atoms with Crippen molar-refractivity contribution in [1.82, 2.24) is 20.9 Å². The molecule has 0 saturated carbocycles. The van der Waals surface area contributed by atoms with Crippen LogP contribution in [0.4, 0.5) is 0 Å². The second-order valence-corrected chi connectivity index (χ2v) is 9.46. The summed E-state index contributed by atoms with van der Waals surface area (Å²) in [6, 6.07) is 4.79. The molecule has 0 spiro atoms. The fourth-order valence-corrected chi connectivity index (χ4v) is 4.59. The van der Waals surface area contributed by atoms with Crippen molar-refractivity contribution in [2.75, 3.05) is 32.7 Å². The number of aliphatic carboxylic acids is 1. The van der Waals surface area contributed by atoms with Gasteiger partial charge < -0.3 is 26.0 Å². The Morgan fingerprint density at radius 1 is 1.12 bits per heavy atom. The van der Waals surface area contributed by atoms with Crippen LogP contribution in [0.5, 0.6) is 0 Å². The zero-order valence-corrected chi connectivity index (χ0v) is 20.0. The average Bonchev–Trinajstić information content (AvgIpc) is 2.85. The van der Waals surface area contributed by atoms with Gasteiger partial charge in [0.25, 0.3) is 5.91 Å². The molecule has 3 amide bonds. The third kappa shape index (κ3) is 7.70. The quantitative estimate of drug-likeness (QED) is 0.415. The van der Waals surface area contributed by atoms with Crippen molar-refractivity contribution in [2.45, 2.75) is 44.6 Å². The van der Waals surface area contributed by atoms with Gasteiger partial charge in [-0.3, -0.25) is 14.4 Å². The van der Waals surface area contributed by atoms with E-state index >= 15 is 0 Å². The third-order valence-corrected chi connectivity index (χ3v) is 6.81. The van der Waals surface area contributed by atoms with Crippen molar-refractivity contribution < 1.29 is 24.3 Å².